The maximum absolute atomic E-state index is 14.9. The van der Waals surface area contributed by atoms with E-state index in [1.165, 1.54) is 18.3 Å². The topological polar surface area (TPSA) is 79.9 Å². The standard InChI is InChI=1S/C26H21FN4O4/c27-19-6-5-18-22-17(19)7-9-28(22)13-15-3-1-2-4-16(15)23(18)31-21-14-35-12-11-29(21)26(34)24-25(33)20(32)8-10-30(24)31/h1-10,21,23,33H,11-14H2/t21-,23-/m1/s1. The van der Waals surface area contributed by atoms with Crippen molar-refractivity contribution in [2.45, 2.75) is 18.8 Å². The lowest BCUT2D eigenvalue weighted by atomic mass is 9.93. The van der Waals surface area contributed by atoms with Crippen molar-refractivity contribution < 1.29 is 19.0 Å². The molecule has 1 N–H and O–H groups in total. The second-order valence-corrected chi connectivity index (χ2v) is 9.10. The summed E-state index contributed by atoms with van der Waals surface area (Å²) >= 11 is 0. The fraction of sp³-hybridized carbons (Fsp3) is 0.231. The fourth-order valence-corrected chi connectivity index (χ4v) is 5.78. The molecule has 1 amide bonds. The number of hydrogen-bond acceptors (Lipinski definition) is 5. The first kappa shape index (κ1) is 20.3. The van der Waals surface area contributed by atoms with Crippen LogP contribution in [0.3, 0.4) is 0 Å². The summed E-state index contributed by atoms with van der Waals surface area (Å²) in [6.07, 6.45) is 2.92. The van der Waals surface area contributed by atoms with Gasteiger partial charge in [-0.1, -0.05) is 30.3 Å². The summed E-state index contributed by atoms with van der Waals surface area (Å²) in [5.74, 6) is -1.30. The molecule has 2 aromatic carbocycles. The zero-order valence-corrected chi connectivity index (χ0v) is 18.6. The van der Waals surface area contributed by atoms with Crippen molar-refractivity contribution in [3.63, 3.8) is 0 Å². The van der Waals surface area contributed by atoms with Crippen molar-refractivity contribution in [1.82, 2.24) is 14.1 Å². The van der Waals surface area contributed by atoms with Gasteiger partial charge in [0, 0.05) is 42.5 Å². The molecule has 0 saturated carbocycles. The Morgan fingerprint density at radius 2 is 1.86 bits per heavy atom. The summed E-state index contributed by atoms with van der Waals surface area (Å²) in [4.78, 5) is 27.4. The molecule has 5 heterocycles. The lowest BCUT2D eigenvalue weighted by molar-refractivity contribution is -0.0196. The predicted octanol–water partition coefficient (Wildman–Crippen LogP) is 2.55. The minimum atomic E-state index is -0.615. The number of pyridine rings is 1. The van der Waals surface area contributed by atoms with Gasteiger partial charge in [-0.3, -0.25) is 19.3 Å². The van der Waals surface area contributed by atoms with E-state index in [9.17, 15) is 19.1 Å². The van der Waals surface area contributed by atoms with Gasteiger partial charge in [-0.25, -0.2) is 4.39 Å². The van der Waals surface area contributed by atoms with Crippen LogP contribution in [0.15, 0.2) is 65.7 Å². The monoisotopic (exact) mass is 472 g/mol. The van der Waals surface area contributed by atoms with Crippen LogP contribution in [-0.2, 0) is 11.3 Å². The first-order chi connectivity index (χ1) is 17.0. The number of ether oxygens (including phenoxy) is 1. The molecule has 0 spiro atoms. The first-order valence-electron chi connectivity index (χ1n) is 11.5. The molecule has 1 fully saturated rings. The van der Waals surface area contributed by atoms with Crippen molar-refractivity contribution in [3.05, 3.63) is 99.3 Å². The van der Waals surface area contributed by atoms with Crippen molar-refractivity contribution in [3.8, 4) is 5.75 Å². The van der Waals surface area contributed by atoms with E-state index in [4.69, 9.17) is 4.74 Å². The Labute approximate surface area is 198 Å². The Morgan fingerprint density at radius 3 is 2.74 bits per heavy atom. The number of aromatic nitrogens is 2. The zero-order valence-electron chi connectivity index (χ0n) is 18.6. The number of nitrogens with zero attached hydrogens (tertiary/aromatic N) is 4. The van der Waals surface area contributed by atoms with Crippen LogP contribution < -0.4 is 10.4 Å². The number of morpholine rings is 1. The number of halogens is 1. The summed E-state index contributed by atoms with van der Waals surface area (Å²) in [6.45, 7) is 1.50. The van der Waals surface area contributed by atoms with Gasteiger partial charge in [0.25, 0.3) is 5.91 Å². The van der Waals surface area contributed by atoms with Gasteiger partial charge in [-0.2, -0.15) is 0 Å². The van der Waals surface area contributed by atoms with Gasteiger partial charge >= 0.3 is 0 Å². The molecule has 0 unspecified atom stereocenters. The molecule has 0 radical (unpaired) electrons. The van der Waals surface area contributed by atoms with E-state index in [-0.39, 0.29) is 18.1 Å². The first-order valence-corrected chi connectivity index (χ1v) is 11.5. The van der Waals surface area contributed by atoms with Crippen LogP contribution in [0, 0.1) is 5.82 Å². The molecule has 1 saturated heterocycles. The van der Waals surface area contributed by atoms with E-state index in [1.807, 2.05) is 40.0 Å². The molecule has 2 aromatic heterocycles. The maximum atomic E-state index is 14.9. The Kier molecular flexibility index (Phi) is 4.17. The van der Waals surface area contributed by atoms with E-state index in [0.717, 1.165) is 22.2 Å². The molecule has 176 valence electrons. The van der Waals surface area contributed by atoms with E-state index in [2.05, 4.69) is 0 Å². The van der Waals surface area contributed by atoms with Gasteiger partial charge < -0.3 is 19.3 Å². The largest absolute Gasteiger partial charge is 0.502 e. The minimum absolute atomic E-state index is 0.0777. The molecule has 4 aromatic rings. The van der Waals surface area contributed by atoms with Crippen LogP contribution in [0.2, 0.25) is 0 Å². The second kappa shape index (κ2) is 7.19. The highest BCUT2D eigenvalue weighted by Crippen LogP contribution is 2.42. The second-order valence-electron chi connectivity index (χ2n) is 9.10. The Hall–Kier alpha value is -4.11. The van der Waals surface area contributed by atoms with E-state index in [0.29, 0.717) is 25.1 Å². The van der Waals surface area contributed by atoms with Crippen molar-refractivity contribution >= 4 is 16.8 Å². The number of fused-ring (bicyclic) bond motifs is 3. The van der Waals surface area contributed by atoms with Crippen LogP contribution in [0.5, 0.6) is 5.75 Å². The molecular formula is C26H21FN4O4. The lowest BCUT2D eigenvalue weighted by Crippen LogP contribution is -2.66. The van der Waals surface area contributed by atoms with Crippen molar-refractivity contribution in [2.75, 3.05) is 24.8 Å². The molecule has 35 heavy (non-hydrogen) atoms. The normalized spacial score (nSPS) is 20.9. The van der Waals surface area contributed by atoms with Gasteiger partial charge in [0.15, 0.2) is 11.4 Å². The molecule has 2 atom stereocenters. The number of rotatable bonds is 1. The Balaban J connectivity index is 1.58. The highest BCUT2D eigenvalue weighted by atomic mass is 19.1. The Morgan fingerprint density at radius 1 is 1.00 bits per heavy atom. The van der Waals surface area contributed by atoms with Gasteiger partial charge in [-0.15, -0.1) is 0 Å². The van der Waals surface area contributed by atoms with Crippen molar-refractivity contribution in [2.24, 2.45) is 0 Å². The number of carbonyl (C=O) groups is 1. The number of benzene rings is 2. The van der Waals surface area contributed by atoms with E-state index in [1.54, 1.807) is 21.7 Å². The minimum Gasteiger partial charge on any atom is -0.502 e. The van der Waals surface area contributed by atoms with Gasteiger partial charge in [0.05, 0.1) is 18.7 Å². The van der Waals surface area contributed by atoms with Crippen LogP contribution in [0.4, 0.5) is 4.39 Å². The summed E-state index contributed by atoms with van der Waals surface area (Å²) in [5, 5.41) is 13.2. The quantitative estimate of drug-likeness (QED) is 0.461. The molecule has 8 nitrogen and oxygen atoms in total. The molecule has 3 aliphatic heterocycles. The van der Waals surface area contributed by atoms with Crippen molar-refractivity contribution in [1.29, 1.82) is 0 Å². The van der Waals surface area contributed by atoms with Crippen LogP contribution in [0.25, 0.3) is 10.9 Å². The number of hydrogen-bond donors (Lipinski definition) is 1. The highest BCUT2D eigenvalue weighted by molar-refractivity contribution is 5.96. The van der Waals surface area contributed by atoms with Gasteiger partial charge in [-0.05, 0) is 23.3 Å². The molecule has 0 bridgehead atoms. The molecule has 9 heteroatoms. The van der Waals surface area contributed by atoms with E-state index >= 15 is 0 Å². The third-order valence-electron chi connectivity index (χ3n) is 7.33. The van der Waals surface area contributed by atoms with E-state index < -0.39 is 29.3 Å². The summed E-state index contributed by atoms with van der Waals surface area (Å²) in [5.41, 5.74) is 2.99. The molecule has 7 rings (SSSR count). The SMILES string of the molecule is O=C1c2c(O)c(=O)ccn2N([C@@H]2c3ccccc3Cn3ccc4c(F)ccc2c43)[C@@H]2COCCN12. The number of aromatic hydroxyl groups is 1. The fourth-order valence-electron chi connectivity index (χ4n) is 5.78. The number of amides is 1. The number of carbonyl (C=O) groups excluding carboxylic acids is 1. The zero-order chi connectivity index (χ0) is 23.8. The average molecular weight is 472 g/mol. The average Bonchev–Trinajstić information content (AvgIpc) is 3.24. The maximum Gasteiger partial charge on any atom is 0.278 e. The molecular weight excluding hydrogens is 451 g/mol. The van der Waals surface area contributed by atoms with Crippen LogP contribution in [-0.4, -0.2) is 51.1 Å². The summed E-state index contributed by atoms with van der Waals surface area (Å²) in [6, 6.07) is 13.9. The van der Waals surface area contributed by atoms with Gasteiger partial charge in [0.2, 0.25) is 5.43 Å². The third-order valence-corrected chi connectivity index (χ3v) is 7.33. The van der Waals surface area contributed by atoms with Gasteiger partial charge in [0.1, 0.15) is 18.0 Å². The third kappa shape index (κ3) is 2.69. The molecule has 3 aliphatic rings. The molecule has 0 aliphatic carbocycles. The smallest absolute Gasteiger partial charge is 0.278 e. The van der Waals surface area contributed by atoms with Crippen LogP contribution >= 0.6 is 0 Å². The predicted molar refractivity (Wildman–Crippen MR) is 126 cm³/mol. The highest BCUT2D eigenvalue weighted by Gasteiger charge is 2.45. The lowest BCUT2D eigenvalue weighted by Gasteiger charge is -2.51. The Bertz CT molecular complexity index is 1590. The van der Waals surface area contributed by atoms with Crippen LogP contribution in [0.1, 0.15) is 33.2 Å². The summed E-state index contributed by atoms with van der Waals surface area (Å²) in [7, 11) is 0. The summed E-state index contributed by atoms with van der Waals surface area (Å²) < 4.78 is 24.3.